The summed E-state index contributed by atoms with van der Waals surface area (Å²) in [6, 6.07) is 13.9. The quantitative estimate of drug-likeness (QED) is 0.575. The third-order valence-electron chi connectivity index (χ3n) is 5.12. The number of esters is 1. The second-order valence-electron chi connectivity index (χ2n) is 6.91. The molecule has 1 aliphatic heterocycles. The van der Waals surface area contributed by atoms with Gasteiger partial charge < -0.3 is 14.8 Å². The number of carbonyl (C=O) groups is 3. The van der Waals surface area contributed by atoms with Gasteiger partial charge in [-0.2, -0.15) is 0 Å². The SMILES string of the molecule is CCC1(c2ccc(OC)c(C)c2)NC(=O)N(CC(=O)OCc2ccccc2)C1=O. The Morgan fingerprint density at radius 3 is 2.48 bits per heavy atom. The number of hydrogen-bond acceptors (Lipinski definition) is 5. The number of methoxy groups -OCH3 is 1. The fourth-order valence-electron chi connectivity index (χ4n) is 3.47. The third-order valence-corrected chi connectivity index (χ3v) is 5.12. The van der Waals surface area contributed by atoms with Gasteiger partial charge in [-0.25, -0.2) is 4.79 Å². The van der Waals surface area contributed by atoms with Crippen LogP contribution in [0, 0.1) is 6.92 Å². The van der Waals surface area contributed by atoms with Crippen LogP contribution in [0.3, 0.4) is 0 Å². The van der Waals surface area contributed by atoms with Crippen molar-refractivity contribution in [3.05, 3.63) is 65.2 Å². The Labute approximate surface area is 169 Å². The molecule has 1 heterocycles. The standard InChI is InChI=1S/C22H24N2O5/c1-4-22(17-10-11-18(28-3)15(2)12-17)20(26)24(21(27)23-22)13-19(25)29-14-16-8-6-5-7-9-16/h5-12H,4,13-14H2,1-3H3,(H,23,27). The molecule has 1 fully saturated rings. The van der Waals surface area contributed by atoms with E-state index in [4.69, 9.17) is 9.47 Å². The first-order valence-electron chi connectivity index (χ1n) is 9.40. The molecule has 2 aromatic carbocycles. The van der Waals surface area contributed by atoms with Crippen molar-refractivity contribution in [1.82, 2.24) is 10.2 Å². The lowest BCUT2D eigenvalue weighted by Crippen LogP contribution is -2.44. The van der Waals surface area contributed by atoms with Gasteiger partial charge >= 0.3 is 12.0 Å². The van der Waals surface area contributed by atoms with Crippen molar-refractivity contribution in [3.8, 4) is 5.75 Å². The molecule has 0 saturated carbocycles. The van der Waals surface area contributed by atoms with E-state index >= 15 is 0 Å². The third kappa shape index (κ3) is 3.94. The van der Waals surface area contributed by atoms with Gasteiger partial charge in [0.15, 0.2) is 0 Å². The summed E-state index contributed by atoms with van der Waals surface area (Å²) in [5, 5.41) is 2.77. The minimum absolute atomic E-state index is 0.0833. The van der Waals surface area contributed by atoms with Crippen LogP contribution in [0.1, 0.15) is 30.0 Å². The van der Waals surface area contributed by atoms with Crippen LogP contribution in [0.15, 0.2) is 48.5 Å². The molecule has 3 rings (SSSR count). The molecule has 0 aliphatic carbocycles. The van der Waals surface area contributed by atoms with Gasteiger partial charge in [-0.3, -0.25) is 14.5 Å². The number of amides is 3. The predicted octanol–water partition coefficient (Wildman–Crippen LogP) is 2.90. The summed E-state index contributed by atoms with van der Waals surface area (Å²) >= 11 is 0. The number of nitrogens with one attached hydrogen (secondary N) is 1. The Kier molecular flexibility index (Phi) is 5.87. The van der Waals surface area contributed by atoms with Gasteiger partial charge in [0.1, 0.15) is 24.4 Å². The Morgan fingerprint density at radius 2 is 1.86 bits per heavy atom. The molecular formula is C22H24N2O5. The van der Waals surface area contributed by atoms with Crippen molar-refractivity contribution in [1.29, 1.82) is 0 Å². The van der Waals surface area contributed by atoms with Gasteiger partial charge in [-0.1, -0.05) is 43.3 Å². The van der Waals surface area contributed by atoms with Gasteiger partial charge in [-0.15, -0.1) is 0 Å². The average Bonchev–Trinajstić information content (AvgIpc) is 2.98. The van der Waals surface area contributed by atoms with E-state index in [1.807, 2.05) is 50.2 Å². The summed E-state index contributed by atoms with van der Waals surface area (Å²) in [6.07, 6.45) is 0.346. The molecule has 3 amide bonds. The number of nitrogens with zero attached hydrogens (tertiary/aromatic N) is 1. The lowest BCUT2D eigenvalue weighted by Gasteiger charge is -2.26. The van der Waals surface area contributed by atoms with E-state index in [1.54, 1.807) is 19.2 Å². The lowest BCUT2D eigenvalue weighted by atomic mass is 9.86. The first-order chi connectivity index (χ1) is 13.9. The van der Waals surface area contributed by atoms with Gasteiger partial charge in [0.05, 0.1) is 7.11 Å². The lowest BCUT2D eigenvalue weighted by molar-refractivity contribution is -0.149. The minimum Gasteiger partial charge on any atom is -0.496 e. The van der Waals surface area contributed by atoms with Crippen LogP contribution in [0.4, 0.5) is 4.79 Å². The highest BCUT2D eigenvalue weighted by molar-refractivity contribution is 6.09. The van der Waals surface area contributed by atoms with E-state index in [1.165, 1.54) is 0 Å². The molecule has 1 aliphatic rings. The number of ether oxygens (including phenoxy) is 2. The molecule has 2 aromatic rings. The number of carbonyl (C=O) groups excluding carboxylic acids is 3. The zero-order chi connectivity index (χ0) is 21.0. The Hall–Kier alpha value is -3.35. The molecule has 0 aromatic heterocycles. The van der Waals surface area contributed by atoms with E-state index in [0.717, 1.165) is 16.0 Å². The van der Waals surface area contributed by atoms with Crippen LogP contribution in [-0.4, -0.2) is 36.5 Å². The number of benzene rings is 2. The fraction of sp³-hybridized carbons (Fsp3) is 0.318. The summed E-state index contributed by atoms with van der Waals surface area (Å²) in [6.45, 7) is 3.33. The van der Waals surface area contributed by atoms with Crippen LogP contribution in [0.5, 0.6) is 5.75 Å². The van der Waals surface area contributed by atoms with Crippen molar-refractivity contribution in [3.63, 3.8) is 0 Å². The van der Waals surface area contributed by atoms with Crippen molar-refractivity contribution >= 4 is 17.9 Å². The molecule has 7 heteroatoms. The van der Waals surface area contributed by atoms with E-state index in [0.29, 0.717) is 17.7 Å². The molecule has 0 spiro atoms. The van der Waals surface area contributed by atoms with Crippen molar-refractivity contribution in [2.75, 3.05) is 13.7 Å². The molecule has 152 valence electrons. The topological polar surface area (TPSA) is 84.9 Å². The molecule has 1 saturated heterocycles. The van der Waals surface area contributed by atoms with Crippen molar-refractivity contribution < 1.29 is 23.9 Å². The van der Waals surface area contributed by atoms with Crippen LogP contribution >= 0.6 is 0 Å². The summed E-state index contributed by atoms with van der Waals surface area (Å²) in [5.74, 6) is -0.417. The number of hydrogen-bond donors (Lipinski definition) is 1. The maximum absolute atomic E-state index is 13.1. The largest absolute Gasteiger partial charge is 0.496 e. The zero-order valence-corrected chi connectivity index (χ0v) is 16.7. The van der Waals surface area contributed by atoms with Gasteiger partial charge in [-0.05, 0) is 42.2 Å². The highest BCUT2D eigenvalue weighted by atomic mass is 16.5. The van der Waals surface area contributed by atoms with Crippen LogP contribution < -0.4 is 10.1 Å². The highest BCUT2D eigenvalue weighted by Gasteiger charge is 2.51. The fourth-order valence-corrected chi connectivity index (χ4v) is 3.47. The Bertz CT molecular complexity index is 928. The van der Waals surface area contributed by atoms with Gasteiger partial charge in [0.25, 0.3) is 5.91 Å². The molecule has 1 unspecified atom stereocenters. The van der Waals surface area contributed by atoms with Crippen molar-refractivity contribution in [2.45, 2.75) is 32.4 Å². The molecule has 0 bridgehead atoms. The highest BCUT2D eigenvalue weighted by Crippen LogP contribution is 2.34. The summed E-state index contributed by atoms with van der Waals surface area (Å²) in [5.41, 5.74) is 1.11. The minimum atomic E-state index is -1.21. The van der Waals surface area contributed by atoms with Gasteiger partial charge in [0.2, 0.25) is 0 Å². The summed E-state index contributed by atoms with van der Waals surface area (Å²) < 4.78 is 10.5. The average molecular weight is 396 g/mol. The first-order valence-corrected chi connectivity index (χ1v) is 9.40. The number of aryl methyl sites for hydroxylation is 1. The van der Waals surface area contributed by atoms with E-state index in [-0.39, 0.29) is 6.61 Å². The van der Waals surface area contributed by atoms with Crippen LogP contribution in [0.25, 0.3) is 0 Å². The van der Waals surface area contributed by atoms with E-state index in [9.17, 15) is 14.4 Å². The van der Waals surface area contributed by atoms with Crippen LogP contribution in [-0.2, 0) is 26.5 Å². The molecule has 1 atom stereocenters. The maximum atomic E-state index is 13.1. The number of rotatable bonds is 7. The Balaban J connectivity index is 1.75. The van der Waals surface area contributed by atoms with E-state index < -0.39 is 30.0 Å². The molecular weight excluding hydrogens is 372 g/mol. The zero-order valence-electron chi connectivity index (χ0n) is 16.7. The predicted molar refractivity (Wildman–Crippen MR) is 106 cm³/mol. The monoisotopic (exact) mass is 396 g/mol. The number of urea groups is 1. The first kappa shape index (κ1) is 20.4. The molecule has 7 nitrogen and oxygen atoms in total. The molecule has 1 N–H and O–H groups in total. The van der Waals surface area contributed by atoms with E-state index in [2.05, 4.69) is 5.32 Å². The molecule has 0 radical (unpaired) electrons. The Morgan fingerprint density at radius 1 is 1.14 bits per heavy atom. The van der Waals surface area contributed by atoms with Crippen LogP contribution in [0.2, 0.25) is 0 Å². The normalized spacial score (nSPS) is 18.5. The van der Waals surface area contributed by atoms with Gasteiger partial charge in [0, 0.05) is 0 Å². The summed E-state index contributed by atoms with van der Waals surface area (Å²) in [7, 11) is 1.57. The number of imide groups is 1. The summed E-state index contributed by atoms with van der Waals surface area (Å²) in [4.78, 5) is 38.8. The molecule has 29 heavy (non-hydrogen) atoms. The maximum Gasteiger partial charge on any atom is 0.326 e. The van der Waals surface area contributed by atoms with Crippen molar-refractivity contribution in [2.24, 2.45) is 0 Å². The smallest absolute Gasteiger partial charge is 0.326 e. The second kappa shape index (κ2) is 8.34. The second-order valence-corrected chi connectivity index (χ2v) is 6.91.